The summed E-state index contributed by atoms with van der Waals surface area (Å²) in [4.78, 5) is 27.9. The molecule has 1 atom stereocenters. The number of nitrogens with zero attached hydrogens (tertiary/aromatic N) is 2. The Morgan fingerprint density at radius 3 is 2.33 bits per heavy atom. The summed E-state index contributed by atoms with van der Waals surface area (Å²) in [5, 5.41) is 0. The van der Waals surface area contributed by atoms with Gasteiger partial charge in [0.25, 0.3) is 0 Å². The van der Waals surface area contributed by atoms with Crippen LogP contribution < -0.4 is 0 Å². The molecule has 2 rings (SSSR count). The van der Waals surface area contributed by atoms with Crippen LogP contribution in [0.25, 0.3) is 0 Å². The summed E-state index contributed by atoms with van der Waals surface area (Å²) in [7, 11) is 0. The fourth-order valence-electron chi connectivity index (χ4n) is 3.06. The molecule has 0 spiro atoms. The van der Waals surface area contributed by atoms with E-state index >= 15 is 0 Å². The summed E-state index contributed by atoms with van der Waals surface area (Å²) in [5.74, 6) is 0.420. The summed E-state index contributed by atoms with van der Waals surface area (Å²) >= 11 is 0. The fraction of sp³-hybridized carbons (Fsp3) is 0.857. The minimum absolute atomic E-state index is 0.0208. The minimum Gasteiger partial charge on any atom is -0.342 e. The van der Waals surface area contributed by atoms with Gasteiger partial charge in [0.05, 0.1) is 12.6 Å². The van der Waals surface area contributed by atoms with Crippen LogP contribution in [0.15, 0.2) is 0 Å². The van der Waals surface area contributed by atoms with Gasteiger partial charge < -0.3 is 4.90 Å². The third-order valence-electron chi connectivity index (χ3n) is 4.13. The smallest absolute Gasteiger partial charge is 0.236 e. The van der Waals surface area contributed by atoms with Crippen molar-refractivity contribution in [3.63, 3.8) is 0 Å². The number of likely N-dealkylation sites (tertiary alicyclic amines) is 2. The van der Waals surface area contributed by atoms with Crippen LogP contribution >= 0.6 is 0 Å². The Kier molecular flexibility index (Phi) is 4.75. The second-order valence-electron chi connectivity index (χ2n) is 5.53. The molecule has 2 aliphatic heterocycles. The predicted molar refractivity (Wildman–Crippen MR) is 70.3 cm³/mol. The molecule has 1 amide bonds. The van der Waals surface area contributed by atoms with Crippen LogP contribution in [-0.2, 0) is 9.59 Å². The van der Waals surface area contributed by atoms with Gasteiger partial charge in [0, 0.05) is 13.1 Å². The molecule has 4 nitrogen and oxygen atoms in total. The lowest BCUT2D eigenvalue weighted by Crippen LogP contribution is -2.50. The van der Waals surface area contributed by atoms with Crippen LogP contribution in [0.4, 0.5) is 0 Å². The first-order chi connectivity index (χ1) is 8.68. The zero-order valence-electron chi connectivity index (χ0n) is 11.4. The SMILES string of the molecule is CC(=O)C1CCCCN1CC(=O)N1CCCCC1. The molecule has 0 radical (unpaired) electrons. The lowest BCUT2D eigenvalue weighted by Gasteiger charge is -2.35. The first kappa shape index (κ1) is 13.5. The molecule has 0 aromatic rings. The van der Waals surface area contributed by atoms with Crippen LogP contribution in [0.3, 0.4) is 0 Å². The summed E-state index contributed by atoms with van der Waals surface area (Å²) in [6.45, 7) is 4.78. The first-order valence-corrected chi connectivity index (χ1v) is 7.21. The predicted octanol–water partition coefficient (Wildman–Crippen LogP) is 1.44. The minimum atomic E-state index is -0.0208. The number of carbonyl (C=O) groups is 2. The van der Waals surface area contributed by atoms with Crippen LogP contribution in [0.5, 0.6) is 0 Å². The van der Waals surface area contributed by atoms with Crippen molar-refractivity contribution in [1.29, 1.82) is 0 Å². The van der Waals surface area contributed by atoms with Crippen molar-refractivity contribution in [1.82, 2.24) is 9.80 Å². The third kappa shape index (κ3) is 3.31. The van der Waals surface area contributed by atoms with Crippen molar-refractivity contribution in [2.24, 2.45) is 0 Å². The van der Waals surface area contributed by atoms with Gasteiger partial charge in [-0.1, -0.05) is 6.42 Å². The van der Waals surface area contributed by atoms with Crippen molar-refractivity contribution in [3.8, 4) is 0 Å². The van der Waals surface area contributed by atoms with E-state index in [-0.39, 0.29) is 17.7 Å². The Morgan fingerprint density at radius 1 is 1.00 bits per heavy atom. The highest BCUT2D eigenvalue weighted by Crippen LogP contribution is 2.18. The van der Waals surface area contributed by atoms with Gasteiger partial charge in [-0.25, -0.2) is 0 Å². The largest absolute Gasteiger partial charge is 0.342 e. The van der Waals surface area contributed by atoms with Crippen LogP contribution in [0.2, 0.25) is 0 Å². The molecule has 0 N–H and O–H groups in total. The lowest BCUT2D eigenvalue weighted by molar-refractivity contribution is -0.135. The van der Waals surface area contributed by atoms with E-state index in [1.807, 2.05) is 4.90 Å². The van der Waals surface area contributed by atoms with E-state index in [9.17, 15) is 9.59 Å². The third-order valence-corrected chi connectivity index (χ3v) is 4.13. The van der Waals surface area contributed by atoms with Crippen molar-refractivity contribution < 1.29 is 9.59 Å². The summed E-state index contributed by atoms with van der Waals surface area (Å²) in [5.41, 5.74) is 0. The van der Waals surface area contributed by atoms with E-state index in [0.29, 0.717) is 6.54 Å². The molecule has 2 heterocycles. The highest BCUT2D eigenvalue weighted by atomic mass is 16.2. The van der Waals surface area contributed by atoms with E-state index in [4.69, 9.17) is 0 Å². The monoisotopic (exact) mass is 252 g/mol. The molecule has 0 aromatic carbocycles. The number of hydrogen-bond donors (Lipinski definition) is 0. The van der Waals surface area contributed by atoms with Gasteiger partial charge in [0.15, 0.2) is 0 Å². The number of piperidine rings is 2. The first-order valence-electron chi connectivity index (χ1n) is 7.21. The Balaban J connectivity index is 1.89. The van der Waals surface area contributed by atoms with Gasteiger partial charge in [0.1, 0.15) is 5.78 Å². The standard InChI is InChI=1S/C14H24N2O2/c1-12(17)13-7-3-6-10-16(13)11-14(18)15-8-4-2-5-9-15/h13H,2-11H2,1H3. The molecule has 2 aliphatic rings. The Bertz CT molecular complexity index is 311. The molecule has 18 heavy (non-hydrogen) atoms. The molecule has 2 saturated heterocycles. The summed E-state index contributed by atoms with van der Waals surface area (Å²) in [6, 6.07) is -0.0208. The van der Waals surface area contributed by atoms with Crippen molar-refractivity contribution in [2.75, 3.05) is 26.2 Å². The molecule has 2 fully saturated rings. The molecule has 4 heteroatoms. The van der Waals surface area contributed by atoms with Gasteiger partial charge in [-0.05, 0) is 45.6 Å². The second-order valence-corrected chi connectivity index (χ2v) is 5.53. The van der Waals surface area contributed by atoms with Gasteiger partial charge in [-0.15, -0.1) is 0 Å². The number of Topliss-reactive ketones (excluding diaryl/α,β-unsaturated/α-hetero) is 1. The Labute approximate surface area is 109 Å². The van der Waals surface area contributed by atoms with Crippen LogP contribution in [0.1, 0.15) is 45.4 Å². The highest BCUT2D eigenvalue weighted by molar-refractivity contribution is 5.83. The number of carbonyl (C=O) groups excluding carboxylic acids is 2. The van der Waals surface area contributed by atoms with Crippen molar-refractivity contribution >= 4 is 11.7 Å². The highest BCUT2D eigenvalue weighted by Gasteiger charge is 2.29. The summed E-state index contributed by atoms with van der Waals surface area (Å²) < 4.78 is 0. The van der Waals surface area contributed by atoms with Crippen molar-refractivity contribution in [2.45, 2.75) is 51.5 Å². The van der Waals surface area contributed by atoms with Crippen LogP contribution in [0, 0.1) is 0 Å². The Morgan fingerprint density at radius 2 is 1.67 bits per heavy atom. The lowest BCUT2D eigenvalue weighted by atomic mass is 9.99. The maximum absolute atomic E-state index is 12.2. The number of rotatable bonds is 3. The molecular formula is C14H24N2O2. The number of hydrogen-bond acceptors (Lipinski definition) is 3. The molecule has 0 saturated carbocycles. The van der Waals surface area contributed by atoms with E-state index in [1.54, 1.807) is 6.92 Å². The quantitative estimate of drug-likeness (QED) is 0.763. The number of amides is 1. The molecule has 0 bridgehead atoms. The molecule has 0 aliphatic carbocycles. The van der Waals surface area contributed by atoms with Gasteiger partial charge >= 0.3 is 0 Å². The Hall–Kier alpha value is -0.900. The molecule has 0 aromatic heterocycles. The zero-order chi connectivity index (χ0) is 13.0. The van der Waals surface area contributed by atoms with E-state index in [1.165, 1.54) is 6.42 Å². The topological polar surface area (TPSA) is 40.6 Å². The zero-order valence-corrected chi connectivity index (χ0v) is 11.4. The average Bonchev–Trinajstić information content (AvgIpc) is 2.40. The average molecular weight is 252 g/mol. The molecule has 1 unspecified atom stereocenters. The second kappa shape index (κ2) is 6.32. The van der Waals surface area contributed by atoms with Crippen molar-refractivity contribution in [3.05, 3.63) is 0 Å². The normalized spacial score (nSPS) is 26.1. The maximum atomic E-state index is 12.2. The van der Waals surface area contributed by atoms with E-state index < -0.39 is 0 Å². The number of ketones is 1. The van der Waals surface area contributed by atoms with Gasteiger partial charge in [-0.2, -0.15) is 0 Å². The molecule has 102 valence electrons. The van der Waals surface area contributed by atoms with Gasteiger partial charge in [-0.3, -0.25) is 14.5 Å². The fourth-order valence-corrected chi connectivity index (χ4v) is 3.06. The van der Waals surface area contributed by atoms with Crippen LogP contribution in [-0.4, -0.2) is 53.7 Å². The van der Waals surface area contributed by atoms with Gasteiger partial charge in [0.2, 0.25) is 5.91 Å². The molecular weight excluding hydrogens is 228 g/mol. The maximum Gasteiger partial charge on any atom is 0.236 e. The van der Waals surface area contributed by atoms with E-state index in [0.717, 1.165) is 51.7 Å². The van der Waals surface area contributed by atoms with E-state index in [2.05, 4.69) is 4.90 Å². The summed E-state index contributed by atoms with van der Waals surface area (Å²) in [6.07, 6.45) is 6.63.